The number of halogens is 4. The fraction of sp³-hybridized carbons (Fsp3) is 0.348. The van der Waals surface area contributed by atoms with Crippen LogP contribution in [0.4, 0.5) is 23.4 Å². The molecule has 0 spiro atoms. The summed E-state index contributed by atoms with van der Waals surface area (Å²) in [5.41, 5.74) is 0.593. The molecule has 1 unspecified atom stereocenters. The fourth-order valence-electron chi connectivity index (χ4n) is 4.04. The zero-order valence-electron chi connectivity index (χ0n) is 18.3. The van der Waals surface area contributed by atoms with E-state index >= 15 is 0 Å². The summed E-state index contributed by atoms with van der Waals surface area (Å²) in [5, 5.41) is 13.9. The molecule has 0 saturated carbocycles. The Morgan fingerprint density at radius 1 is 1.29 bits per heavy atom. The first-order chi connectivity index (χ1) is 16.1. The van der Waals surface area contributed by atoms with Gasteiger partial charge in [0.05, 0.1) is 24.8 Å². The second-order valence-corrected chi connectivity index (χ2v) is 8.38. The monoisotopic (exact) mass is 477 g/mol. The highest BCUT2D eigenvalue weighted by molar-refractivity contribution is 5.93. The molecule has 7 nitrogen and oxygen atoms in total. The third-order valence-electron chi connectivity index (χ3n) is 6.07. The largest absolute Gasteiger partial charge is 0.619 e. The molecule has 3 heterocycles. The molecule has 2 atom stereocenters. The van der Waals surface area contributed by atoms with Crippen molar-refractivity contribution < 1.29 is 27.1 Å². The van der Waals surface area contributed by atoms with Crippen molar-refractivity contribution in [2.45, 2.75) is 37.8 Å². The number of imidazole rings is 1. The first kappa shape index (κ1) is 23.7. The number of carbonyl (C=O) groups excluding carboxylic acids is 1. The Morgan fingerprint density at radius 3 is 2.74 bits per heavy atom. The summed E-state index contributed by atoms with van der Waals surface area (Å²) >= 11 is 0. The van der Waals surface area contributed by atoms with Crippen LogP contribution in [0.5, 0.6) is 0 Å². The molecule has 11 heteroatoms. The Kier molecular flexibility index (Phi) is 6.56. The molecule has 1 fully saturated rings. The van der Waals surface area contributed by atoms with Gasteiger partial charge < -0.3 is 15.1 Å². The molecule has 0 bridgehead atoms. The molecule has 4 rings (SSSR count). The average molecular weight is 477 g/mol. The molecule has 1 N–H and O–H groups in total. The van der Waals surface area contributed by atoms with Gasteiger partial charge in [-0.3, -0.25) is 9.69 Å². The number of pyridine rings is 1. The van der Waals surface area contributed by atoms with E-state index < -0.39 is 41.8 Å². The van der Waals surface area contributed by atoms with Crippen molar-refractivity contribution in [3.63, 3.8) is 0 Å². The first-order valence-electron chi connectivity index (χ1n) is 10.7. The highest BCUT2D eigenvalue weighted by atomic mass is 19.3. The number of benzene rings is 1. The Bertz CT molecular complexity index is 1170. The molecular weight excluding hydrogens is 454 g/mol. The zero-order chi connectivity index (χ0) is 24.5. The lowest BCUT2D eigenvalue weighted by Gasteiger charge is -2.40. The van der Waals surface area contributed by atoms with Crippen LogP contribution in [0.25, 0.3) is 0 Å². The lowest BCUT2D eigenvalue weighted by molar-refractivity contribution is -0.605. The predicted molar refractivity (Wildman–Crippen MR) is 115 cm³/mol. The summed E-state index contributed by atoms with van der Waals surface area (Å²) in [5.74, 6) is -5.67. The number of rotatable bonds is 6. The van der Waals surface area contributed by atoms with Gasteiger partial charge in [0.2, 0.25) is 5.91 Å². The highest BCUT2D eigenvalue weighted by Gasteiger charge is 2.46. The molecule has 1 aliphatic heterocycles. The van der Waals surface area contributed by atoms with Gasteiger partial charge in [0.25, 0.3) is 5.92 Å². The number of piperidine rings is 1. The second-order valence-electron chi connectivity index (χ2n) is 8.38. The van der Waals surface area contributed by atoms with Crippen molar-refractivity contribution in [1.82, 2.24) is 14.5 Å². The van der Waals surface area contributed by atoms with Crippen LogP contribution in [0.15, 0.2) is 55.2 Å². The molecule has 1 saturated heterocycles. The van der Waals surface area contributed by atoms with E-state index in [0.29, 0.717) is 10.3 Å². The molecule has 0 aliphatic carbocycles. The van der Waals surface area contributed by atoms with Crippen molar-refractivity contribution in [3.8, 4) is 0 Å². The third-order valence-corrected chi connectivity index (χ3v) is 6.07. The molecule has 34 heavy (non-hydrogen) atoms. The summed E-state index contributed by atoms with van der Waals surface area (Å²) < 4.78 is 58.2. The van der Waals surface area contributed by atoms with Crippen LogP contribution in [-0.4, -0.2) is 45.4 Å². The Labute approximate surface area is 193 Å². The summed E-state index contributed by atoms with van der Waals surface area (Å²) in [6.45, 7) is 1.69. The summed E-state index contributed by atoms with van der Waals surface area (Å²) in [6.07, 6.45) is 4.84. The normalized spacial score (nSPS) is 19.0. The van der Waals surface area contributed by atoms with Crippen molar-refractivity contribution in [2.24, 2.45) is 0 Å². The maximum absolute atomic E-state index is 14.6. The van der Waals surface area contributed by atoms with E-state index in [1.54, 1.807) is 11.8 Å². The lowest BCUT2D eigenvalue weighted by atomic mass is 9.87. The van der Waals surface area contributed by atoms with E-state index in [9.17, 15) is 27.6 Å². The number of alkyl halides is 2. The van der Waals surface area contributed by atoms with Gasteiger partial charge in [0.15, 0.2) is 18.2 Å². The van der Waals surface area contributed by atoms with Crippen molar-refractivity contribution in [1.29, 1.82) is 0 Å². The molecule has 2 aromatic heterocycles. The average Bonchev–Trinajstić information content (AvgIpc) is 3.22. The van der Waals surface area contributed by atoms with Crippen LogP contribution >= 0.6 is 0 Å². The molecule has 0 radical (unpaired) electrons. The zero-order valence-corrected chi connectivity index (χ0v) is 18.3. The molecule has 1 amide bonds. The fourth-order valence-corrected chi connectivity index (χ4v) is 4.04. The quantitative estimate of drug-likeness (QED) is 0.336. The maximum Gasteiger partial charge on any atom is 0.257 e. The van der Waals surface area contributed by atoms with E-state index in [0.717, 1.165) is 12.1 Å². The topological polar surface area (TPSA) is 77.1 Å². The van der Waals surface area contributed by atoms with E-state index in [1.165, 1.54) is 47.7 Å². The smallest absolute Gasteiger partial charge is 0.257 e. The number of hydrogen-bond acceptors (Lipinski definition) is 4. The van der Waals surface area contributed by atoms with Gasteiger partial charge in [-0.05, 0) is 18.6 Å². The van der Waals surface area contributed by atoms with E-state index in [4.69, 9.17) is 0 Å². The van der Waals surface area contributed by atoms with Crippen LogP contribution < -0.4 is 10.0 Å². The van der Waals surface area contributed by atoms with Crippen molar-refractivity contribution >= 4 is 11.7 Å². The van der Waals surface area contributed by atoms with E-state index in [-0.39, 0.29) is 31.0 Å². The van der Waals surface area contributed by atoms with Crippen LogP contribution in [0.2, 0.25) is 0 Å². The first-order valence-corrected chi connectivity index (χ1v) is 10.7. The molecular formula is C23H23F4N5O2. The lowest BCUT2D eigenvalue weighted by Crippen LogP contribution is -2.52. The third kappa shape index (κ3) is 5.19. The Morgan fingerprint density at radius 2 is 2.03 bits per heavy atom. The SMILES string of the molecule is CC(C(=O)Nc1cn(Cc2ccc(F)cc2F)cn1)N1CCC(F)(F)[C@H](c2cc[n+]([O-])cc2)C1. The van der Waals surface area contributed by atoms with Crippen LogP contribution in [0, 0.1) is 16.8 Å². The van der Waals surface area contributed by atoms with Gasteiger partial charge in [0, 0.05) is 49.5 Å². The number of amides is 1. The summed E-state index contributed by atoms with van der Waals surface area (Å²) in [6, 6.07) is 5.30. The number of carbonyl (C=O) groups is 1. The summed E-state index contributed by atoms with van der Waals surface area (Å²) in [4.78, 5) is 18.5. The van der Waals surface area contributed by atoms with Crippen LogP contribution in [-0.2, 0) is 11.3 Å². The minimum Gasteiger partial charge on any atom is -0.619 e. The van der Waals surface area contributed by atoms with E-state index in [2.05, 4.69) is 10.3 Å². The van der Waals surface area contributed by atoms with Crippen molar-refractivity contribution in [3.05, 3.63) is 83.2 Å². The number of anilines is 1. The van der Waals surface area contributed by atoms with Gasteiger partial charge in [-0.2, -0.15) is 4.73 Å². The number of nitrogens with zero attached hydrogens (tertiary/aromatic N) is 4. The van der Waals surface area contributed by atoms with Crippen molar-refractivity contribution in [2.75, 3.05) is 18.4 Å². The maximum atomic E-state index is 14.6. The molecule has 1 aliphatic rings. The van der Waals surface area contributed by atoms with Crippen LogP contribution in [0.3, 0.4) is 0 Å². The molecule has 3 aromatic rings. The molecule has 1 aromatic carbocycles. The van der Waals surface area contributed by atoms with Gasteiger partial charge in [-0.25, -0.2) is 22.5 Å². The van der Waals surface area contributed by atoms with Gasteiger partial charge in [-0.15, -0.1) is 0 Å². The number of aromatic nitrogens is 3. The standard InChI is InChI=1S/C23H23F4N5O2/c1-15(31-9-6-23(26,27)19(12-31)16-4-7-32(34)8-5-16)22(33)29-21-13-30(14-28-21)11-17-2-3-18(24)10-20(17)25/h2-5,7-8,10,13-15,19H,6,9,11-12H2,1H3,(H,29,33)/t15?,19-/m0/s1. The minimum absolute atomic E-state index is 0.0325. The second kappa shape index (κ2) is 9.41. The van der Waals surface area contributed by atoms with Gasteiger partial charge in [0.1, 0.15) is 11.6 Å². The van der Waals surface area contributed by atoms with Crippen LogP contribution in [0.1, 0.15) is 30.4 Å². The number of hydrogen-bond donors (Lipinski definition) is 1. The highest BCUT2D eigenvalue weighted by Crippen LogP contribution is 2.40. The minimum atomic E-state index is -2.96. The van der Waals surface area contributed by atoms with Gasteiger partial charge >= 0.3 is 0 Å². The van der Waals surface area contributed by atoms with Gasteiger partial charge in [-0.1, -0.05) is 6.07 Å². The number of nitrogens with one attached hydrogen (secondary N) is 1. The number of likely N-dealkylation sites (tertiary alicyclic amines) is 1. The van der Waals surface area contributed by atoms with E-state index in [1.807, 2.05) is 0 Å². The summed E-state index contributed by atoms with van der Waals surface area (Å²) in [7, 11) is 0. The molecule has 180 valence electrons. The predicted octanol–water partition coefficient (Wildman–Crippen LogP) is 3.29. The Balaban J connectivity index is 1.40. The Hall–Kier alpha value is -3.47.